The maximum absolute atomic E-state index is 2.75. The third-order valence-electron chi connectivity index (χ3n) is 11.5. The molecule has 0 spiro atoms. The van der Waals surface area contributed by atoms with Crippen LogP contribution < -0.4 is 46.9 Å². The van der Waals surface area contributed by atoms with E-state index in [9.17, 15) is 0 Å². The number of anilines is 6. The van der Waals surface area contributed by atoms with Crippen molar-refractivity contribution in [2.75, 3.05) is 9.80 Å². The average Bonchev–Trinajstić information content (AvgIpc) is 3.23. The molecule has 3 heterocycles. The second-order valence-corrected chi connectivity index (χ2v) is 17.8. The molecule has 3 aliphatic heterocycles. The molecule has 3 aliphatic rings. The van der Waals surface area contributed by atoms with Gasteiger partial charge >= 0.3 is 0 Å². The molecule has 0 aromatic heterocycles. The summed E-state index contributed by atoms with van der Waals surface area (Å²) in [6.45, 7) is 0.0701. The second-order valence-electron chi connectivity index (χ2n) is 14.0. The molecule has 0 bridgehead atoms. The molecule has 8 aromatic rings. The van der Waals surface area contributed by atoms with E-state index in [0.717, 1.165) is 0 Å². The molecule has 52 heavy (non-hydrogen) atoms. The number of para-hydroxylation sites is 3. The normalized spacial score (nSPS) is 14.2. The standard InChI is InChI=1S/C48H33BN2Si/c1-5-17-34(18-6-1)35-31-32-39-44(33-35)50(36-19-7-2-8-20-36)42-27-16-28-43-47(42)49(39)40-25-15-30-46-48(40)51(43)41-26-13-14-29-45(41)52(46,37-21-9-3-10-22-37)38-23-11-4-12-24-38/h1-33H. The van der Waals surface area contributed by atoms with Gasteiger partial charge in [0.15, 0.2) is 8.07 Å². The Hall–Kier alpha value is -6.36. The van der Waals surface area contributed by atoms with Gasteiger partial charge in [-0.15, -0.1) is 0 Å². The minimum atomic E-state index is -2.75. The lowest BCUT2D eigenvalue weighted by atomic mass is 9.33. The van der Waals surface area contributed by atoms with Crippen LogP contribution in [0.5, 0.6) is 0 Å². The fourth-order valence-corrected chi connectivity index (χ4v) is 14.6. The van der Waals surface area contributed by atoms with E-state index in [0.29, 0.717) is 0 Å². The lowest BCUT2D eigenvalue weighted by Crippen LogP contribution is -2.79. The number of hydrogen-bond donors (Lipinski definition) is 0. The minimum absolute atomic E-state index is 0.0701. The molecule has 8 aromatic carbocycles. The molecule has 11 rings (SSSR count). The number of benzene rings is 8. The van der Waals surface area contributed by atoms with E-state index in [2.05, 4.69) is 210 Å². The Morgan fingerprint density at radius 1 is 0.365 bits per heavy atom. The first kappa shape index (κ1) is 29.4. The molecular formula is C48H33BN2Si. The lowest BCUT2D eigenvalue weighted by molar-refractivity contribution is 1.26. The van der Waals surface area contributed by atoms with Gasteiger partial charge in [-0.1, -0.05) is 164 Å². The minimum Gasteiger partial charge on any atom is -0.312 e. The van der Waals surface area contributed by atoms with Crippen LogP contribution in [0.25, 0.3) is 11.1 Å². The van der Waals surface area contributed by atoms with Crippen LogP contribution in [0.15, 0.2) is 200 Å². The van der Waals surface area contributed by atoms with Crippen LogP contribution in [0.4, 0.5) is 34.1 Å². The van der Waals surface area contributed by atoms with Crippen LogP contribution in [0, 0.1) is 0 Å². The van der Waals surface area contributed by atoms with E-state index in [-0.39, 0.29) is 6.71 Å². The first-order valence-corrected chi connectivity index (χ1v) is 20.2. The van der Waals surface area contributed by atoms with E-state index in [1.807, 2.05) is 0 Å². The molecule has 0 fully saturated rings. The van der Waals surface area contributed by atoms with Crippen molar-refractivity contribution in [1.29, 1.82) is 0 Å². The summed E-state index contributed by atoms with van der Waals surface area (Å²) in [7, 11) is -2.75. The van der Waals surface area contributed by atoms with Gasteiger partial charge in [0.1, 0.15) is 0 Å². The van der Waals surface area contributed by atoms with Crippen molar-refractivity contribution in [3.8, 4) is 11.1 Å². The predicted octanol–water partition coefficient (Wildman–Crippen LogP) is 7.13. The van der Waals surface area contributed by atoms with Gasteiger partial charge in [-0.2, -0.15) is 0 Å². The van der Waals surface area contributed by atoms with Gasteiger partial charge in [-0.25, -0.2) is 0 Å². The summed E-state index contributed by atoms with van der Waals surface area (Å²) in [5, 5.41) is 5.70. The van der Waals surface area contributed by atoms with E-state index in [1.54, 1.807) is 0 Å². The molecule has 0 aliphatic carbocycles. The molecule has 0 N–H and O–H groups in total. The highest BCUT2D eigenvalue weighted by Gasteiger charge is 2.53. The maximum atomic E-state index is 2.61. The fourth-order valence-electron chi connectivity index (χ4n) is 9.49. The Kier molecular flexibility index (Phi) is 6.40. The Morgan fingerprint density at radius 3 is 1.63 bits per heavy atom. The van der Waals surface area contributed by atoms with Crippen LogP contribution in [0.3, 0.4) is 0 Å². The topological polar surface area (TPSA) is 6.48 Å². The quantitative estimate of drug-likeness (QED) is 0.183. The van der Waals surface area contributed by atoms with Gasteiger partial charge in [0.05, 0.1) is 0 Å². The maximum Gasteiger partial charge on any atom is 0.252 e. The molecule has 0 amide bonds. The number of fused-ring (bicyclic) bond motifs is 6. The Morgan fingerprint density at radius 2 is 0.923 bits per heavy atom. The van der Waals surface area contributed by atoms with Gasteiger partial charge in [0, 0.05) is 34.1 Å². The average molecular weight is 677 g/mol. The van der Waals surface area contributed by atoms with E-state index >= 15 is 0 Å². The fraction of sp³-hybridized carbons (Fsp3) is 0. The predicted molar refractivity (Wildman–Crippen MR) is 223 cm³/mol. The Balaban J connectivity index is 1.26. The Bertz CT molecular complexity index is 2610. The van der Waals surface area contributed by atoms with Crippen molar-refractivity contribution in [1.82, 2.24) is 0 Å². The van der Waals surface area contributed by atoms with E-state index in [4.69, 9.17) is 0 Å². The zero-order chi connectivity index (χ0) is 34.2. The van der Waals surface area contributed by atoms with Gasteiger partial charge < -0.3 is 9.80 Å². The summed E-state index contributed by atoms with van der Waals surface area (Å²) in [5.74, 6) is 0. The molecule has 242 valence electrons. The summed E-state index contributed by atoms with van der Waals surface area (Å²) in [6.07, 6.45) is 0. The van der Waals surface area contributed by atoms with Gasteiger partial charge in [-0.05, 0) is 84.7 Å². The number of hydrogen-bond acceptors (Lipinski definition) is 2. The van der Waals surface area contributed by atoms with Crippen LogP contribution in [-0.2, 0) is 0 Å². The molecule has 0 atom stereocenters. The van der Waals surface area contributed by atoms with Crippen LogP contribution in [0.1, 0.15) is 0 Å². The monoisotopic (exact) mass is 676 g/mol. The van der Waals surface area contributed by atoms with Crippen molar-refractivity contribution < 1.29 is 0 Å². The molecule has 0 saturated carbocycles. The molecule has 0 saturated heterocycles. The summed E-state index contributed by atoms with van der Waals surface area (Å²) >= 11 is 0. The molecule has 0 radical (unpaired) electrons. The van der Waals surface area contributed by atoms with Crippen molar-refractivity contribution in [2.24, 2.45) is 0 Å². The lowest BCUT2D eigenvalue weighted by Gasteiger charge is -2.50. The summed E-state index contributed by atoms with van der Waals surface area (Å²) in [6, 6.07) is 74.9. The SMILES string of the molecule is c1ccc(-c2ccc3c(c2)N(c2ccccc2)c2cccc4c2B3c2cccc3c2N4c2ccccc2[Si]3(c2ccccc2)c2ccccc2)cc1. The van der Waals surface area contributed by atoms with Crippen LogP contribution in [-0.4, -0.2) is 14.8 Å². The third-order valence-corrected chi connectivity index (χ3v) is 16.3. The zero-order valence-electron chi connectivity index (χ0n) is 28.5. The highest BCUT2D eigenvalue weighted by Crippen LogP contribution is 2.45. The van der Waals surface area contributed by atoms with Crippen molar-refractivity contribution in [3.63, 3.8) is 0 Å². The summed E-state index contributed by atoms with van der Waals surface area (Å²) < 4.78 is 0. The third kappa shape index (κ3) is 3.96. The summed E-state index contributed by atoms with van der Waals surface area (Å²) in [5.41, 5.74) is 14.0. The van der Waals surface area contributed by atoms with Crippen molar-refractivity contribution in [2.45, 2.75) is 0 Å². The van der Waals surface area contributed by atoms with Crippen LogP contribution in [0.2, 0.25) is 0 Å². The molecule has 4 heteroatoms. The van der Waals surface area contributed by atoms with E-state index < -0.39 is 8.07 Å². The molecular weight excluding hydrogens is 643 g/mol. The van der Waals surface area contributed by atoms with Gasteiger partial charge in [-0.3, -0.25) is 0 Å². The summed E-state index contributed by atoms with van der Waals surface area (Å²) in [4.78, 5) is 5.10. The zero-order valence-corrected chi connectivity index (χ0v) is 29.5. The first-order chi connectivity index (χ1) is 25.8. The second kappa shape index (κ2) is 11.3. The smallest absolute Gasteiger partial charge is 0.252 e. The Labute approximate surface area is 306 Å². The van der Waals surface area contributed by atoms with Crippen LogP contribution >= 0.6 is 0 Å². The van der Waals surface area contributed by atoms with Crippen molar-refractivity contribution in [3.05, 3.63) is 200 Å². The first-order valence-electron chi connectivity index (χ1n) is 18.2. The van der Waals surface area contributed by atoms with Crippen molar-refractivity contribution >= 4 is 86.0 Å². The number of nitrogens with zero attached hydrogens (tertiary/aromatic N) is 2. The largest absolute Gasteiger partial charge is 0.312 e. The van der Waals surface area contributed by atoms with Gasteiger partial charge in [0.2, 0.25) is 0 Å². The number of rotatable bonds is 4. The van der Waals surface area contributed by atoms with Gasteiger partial charge in [0.25, 0.3) is 6.71 Å². The highest BCUT2D eigenvalue weighted by atomic mass is 28.3. The highest BCUT2D eigenvalue weighted by molar-refractivity contribution is 7.22. The molecule has 0 unspecified atom stereocenters. The molecule has 2 nitrogen and oxygen atoms in total. The van der Waals surface area contributed by atoms with E-state index in [1.165, 1.54) is 82.4 Å².